The largest absolute Gasteiger partial charge is 0.278 e. The molecule has 0 saturated heterocycles. The SMILES string of the molecule is C1=Cc2ccc(-c3ccc4c(c3)c3cccnc3n4-c3ccccn3)cc2C2(c3ccccc31)c1ccccc1-c1cc3ccccc3cc12. The second-order valence-electron chi connectivity index (χ2n) is 13.4. The van der Waals surface area contributed by atoms with Gasteiger partial charge in [0.15, 0.2) is 0 Å². The molecule has 6 aromatic carbocycles. The van der Waals surface area contributed by atoms with E-state index >= 15 is 0 Å². The lowest BCUT2D eigenvalue weighted by molar-refractivity contribution is 0.768. The first-order valence-corrected chi connectivity index (χ1v) is 17.2. The Hall–Kier alpha value is -6.58. The molecule has 2 aliphatic rings. The second-order valence-corrected chi connectivity index (χ2v) is 13.4. The van der Waals surface area contributed by atoms with Gasteiger partial charge in [-0.05, 0) is 121 Å². The van der Waals surface area contributed by atoms with Crippen molar-refractivity contribution >= 4 is 44.9 Å². The molecule has 0 amide bonds. The molecule has 9 aromatic rings. The average molecular weight is 636 g/mol. The normalized spacial score (nSPS) is 15.6. The van der Waals surface area contributed by atoms with E-state index in [-0.39, 0.29) is 0 Å². The molecule has 3 nitrogen and oxygen atoms in total. The fourth-order valence-electron chi connectivity index (χ4n) is 8.80. The third kappa shape index (κ3) is 3.64. The van der Waals surface area contributed by atoms with Crippen LogP contribution in [0.4, 0.5) is 0 Å². The molecular formula is C47H29N3. The van der Waals surface area contributed by atoms with Crippen LogP contribution in [0.1, 0.15) is 33.4 Å². The minimum Gasteiger partial charge on any atom is -0.278 e. The molecule has 3 aromatic heterocycles. The number of nitrogens with zero attached hydrogens (tertiary/aromatic N) is 3. The van der Waals surface area contributed by atoms with Crippen LogP contribution in [0.5, 0.6) is 0 Å². The van der Waals surface area contributed by atoms with E-state index in [1.807, 2.05) is 36.7 Å². The summed E-state index contributed by atoms with van der Waals surface area (Å²) in [6.45, 7) is 0. The van der Waals surface area contributed by atoms with Gasteiger partial charge in [0.25, 0.3) is 0 Å². The Kier molecular flexibility index (Phi) is 5.59. The van der Waals surface area contributed by atoms with Crippen molar-refractivity contribution in [3.05, 3.63) is 197 Å². The van der Waals surface area contributed by atoms with Gasteiger partial charge in [-0.1, -0.05) is 109 Å². The smallest absolute Gasteiger partial charge is 0.146 e. The van der Waals surface area contributed by atoms with Crippen LogP contribution in [0.25, 0.3) is 72.9 Å². The average Bonchev–Trinajstić information content (AvgIpc) is 3.60. The molecule has 0 saturated carbocycles. The van der Waals surface area contributed by atoms with Gasteiger partial charge in [-0.15, -0.1) is 0 Å². The number of hydrogen-bond acceptors (Lipinski definition) is 2. The van der Waals surface area contributed by atoms with Crippen molar-refractivity contribution in [3.63, 3.8) is 0 Å². The Balaban J connectivity index is 1.21. The van der Waals surface area contributed by atoms with E-state index in [1.54, 1.807) is 0 Å². The Morgan fingerprint density at radius 3 is 2.04 bits per heavy atom. The summed E-state index contributed by atoms with van der Waals surface area (Å²) in [6, 6.07) is 55.7. The van der Waals surface area contributed by atoms with Crippen LogP contribution < -0.4 is 0 Å². The van der Waals surface area contributed by atoms with Gasteiger partial charge in [0.05, 0.1) is 10.9 Å². The molecule has 0 bridgehead atoms. The van der Waals surface area contributed by atoms with Crippen molar-refractivity contribution in [2.24, 2.45) is 0 Å². The topological polar surface area (TPSA) is 30.7 Å². The molecule has 1 spiro atoms. The van der Waals surface area contributed by atoms with Gasteiger partial charge in [-0.2, -0.15) is 0 Å². The molecule has 0 N–H and O–H groups in total. The number of hydrogen-bond donors (Lipinski definition) is 0. The quantitative estimate of drug-likeness (QED) is 0.189. The highest BCUT2D eigenvalue weighted by molar-refractivity contribution is 6.09. The molecule has 3 heterocycles. The maximum atomic E-state index is 4.81. The van der Waals surface area contributed by atoms with E-state index in [2.05, 4.69) is 144 Å². The van der Waals surface area contributed by atoms with Gasteiger partial charge in [0.1, 0.15) is 11.5 Å². The molecule has 0 radical (unpaired) electrons. The van der Waals surface area contributed by atoms with Crippen molar-refractivity contribution in [2.45, 2.75) is 5.41 Å². The standard InChI is InChI=1S/C47H29N3/c1-2-12-33-29-43-38(26-32(33)11-1)36-13-4-6-16-41(36)47(43)40-15-5-3-10-30(40)18-19-31-20-21-35(28-42(31)47)34-22-23-44-39(27-34)37-14-9-25-49-46(37)50(44)45-17-7-8-24-48-45/h1-29H. The summed E-state index contributed by atoms with van der Waals surface area (Å²) in [5.74, 6) is 0.863. The first kappa shape index (κ1) is 27.4. The van der Waals surface area contributed by atoms with Gasteiger partial charge in [-0.3, -0.25) is 4.57 Å². The van der Waals surface area contributed by atoms with Crippen LogP contribution in [-0.2, 0) is 5.41 Å². The zero-order chi connectivity index (χ0) is 32.8. The lowest BCUT2D eigenvalue weighted by atomic mass is 9.65. The highest BCUT2D eigenvalue weighted by Crippen LogP contribution is 2.59. The van der Waals surface area contributed by atoms with Crippen molar-refractivity contribution in [1.82, 2.24) is 14.5 Å². The van der Waals surface area contributed by atoms with Crippen LogP contribution in [0.15, 0.2) is 164 Å². The highest BCUT2D eigenvalue weighted by Gasteiger charge is 2.48. The zero-order valence-electron chi connectivity index (χ0n) is 27.1. The van der Waals surface area contributed by atoms with Crippen molar-refractivity contribution < 1.29 is 0 Å². The number of aromatic nitrogens is 3. The molecule has 50 heavy (non-hydrogen) atoms. The van der Waals surface area contributed by atoms with Crippen LogP contribution in [0.2, 0.25) is 0 Å². The van der Waals surface area contributed by atoms with E-state index in [4.69, 9.17) is 9.97 Å². The minimum atomic E-state index is -0.496. The van der Waals surface area contributed by atoms with Crippen molar-refractivity contribution in [2.75, 3.05) is 0 Å². The first-order valence-electron chi connectivity index (χ1n) is 17.2. The molecule has 0 aliphatic heterocycles. The van der Waals surface area contributed by atoms with Gasteiger partial charge in [0.2, 0.25) is 0 Å². The lowest BCUT2D eigenvalue weighted by Crippen LogP contribution is -2.30. The van der Waals surface area contributed by atoms with Crippen LogP contribution in [0, 0.1) is 0 Å². The minimum absolute atomic E-state index is 0.496. The molecule has 0 fully saturated rings. The third-order valence-corrected chi connectivity index (χ3v) is 10.9. The number of fused-ring (bicyclic) bond motifs is 13. The lowest BCUT2D eigenvalue weighted by Gasteiger charge is -2.35. The van der Waals surface area contributed by atoms with Crippen LogP contribution >= 0.6 is 0 Å². The molecule has 3 heteroatoms. The van der Waals surface area contributed by atoms with Crippen LogP contribution in [-0.4, -0.2) is 14.5 Å². The summed E-state index contributed by atoms with van der Waals surface area (Å²) in [7, 11) is 0. The number of rotatable bonds is 2. The van der Waals surface area contributed by atoms with E-state index in [0.29, 0.717) is 0 Å². The summed E-state index contributed by atoms with van der Waals surface area (Å²) in [5.41, 5.74) is 14.2. The Bertz CT molecular complexity index is 2880. The zero-order valence-corrected chi connectivity index (χ0v) is 27.1. The Morgan fingerprint density at radius 1 is 0.440 bits per heavy atom. The second kappa shape index (κ2) is 10.2. The van der Waals surface area contributed by atoms with E-state index in [9.17, 15) is 0 Å². The summed E-state index contributed by atoms with van der Waals surface area (Å²) in [4.78, 5) is 9.50. The molecule has 232 valence electrons. The fourth-order valence-corrected chi connectivity index (χ4v) is 8.80. The fraction of sp³-hybridized carbons (Fsp3) is 0.0213. The van der Waals surface area contributed by atoms with E-state index < -0.39 is 5.41 Å². The van der Waals surface area contributed by atoms with Gasteiger partial charge < -0.3 is 0 Å². The van der Waals surface area contributed by atoms with Crippen LogP contribution in [0.3, 0.4) is 0 Å². The van der Waals surface area contributed by atoms with E-state index in [1.165, 1.54) is 66.4 Å². The third-order valence-electron chi connectivity index (χ3n) is 10.9. The summed E-state index contributed by atoms with van der Waals surface area (Å²) in [5, 5.41) is 4.80. The van der Waals surface area contributed by atoms with Gasteiger partial charge in [-0.25, -0.2) is 9.97 Å². The number of pyridine rings is 2. The van der Waals surface area contributed by atoms with E-state index in [0.717, 1.165) is 27.8 Å². The Morgan fingerprint density at radius 2 is 1.16 bits per heavy atom. The maximum Gasteiger partial charge on any atom is 0.146 e. The Labute approximate surface area is 289 Å². The maximum absolute atomic E-state index is 4.81. The predicted molar refractivity (Wildman–Crippen MR) is 206 cm³/mol. The summed E-state index contributed by atoms with van der Waals surface area (Å²) >= 11 is 0. The molecule has 1 unspecified atom stereocenters. The predicted octanol–water partition coefficient (Wildman–Crippen LogP) is 11.2. The molecule has 1 atom stereocenters. The highest BCUT2D eigenvalue weighted by atomic mass is 15.1. The number of benzene rings is 6. The molecule has 11 rings (SSSR count). The van der Waals surface area contributed by atoms with Crippen molar-refractivity contribution in [1.29, 1.82) is 0 Å². The molecular weight excluding hydrogens is 607 g/mol. The summed E-state index contributed by atoms with van der Waals surface area (Å²) < 4.78 is 2.17. The van der Waals surface area contributed by atoms with Gasteiger partial charge >= 0.3 is 0 Å². The monoisotopic (exact) mass is 635 g/mol. The molecule has 2 aliphatic carbocycles. The first-order chi connectivity index (χ1) is 24.8. The van der Waals surface area contributed by atoms with Crippen molar-refractivity contribution in [3.8, 4) is 28.1 Å². The summed E-state index contributed by atoms with van der Waals surface area (Å²) in [6.07, 6.45) is 8.31. The van der Waals surface area contributed by atoms with Gasteiger partial charge in [0, 0.05) is 23.2 Å².